The summed E-state index contributed by atoms with van der Waals surface area (Å²) in [6, 6.07) is 5.50. The molecule has 1 fully saturated rings. The fraction of sp³-hybridized carbons (Fsp3) is 0.700. The Hall–Kier alpha value is -0.0900. The number of benzene rings is 1. The maximum absolute atomic E-state index is 13.2. The molecule has 1 aliphatic rings. The van der Waals surface area contributed by atoms with Crippen molar-refractivity contribution in [2.75, 3.05) is 25.5 Å². The van der Waals surface area contributed by atoms with E-state index in [0.717, 1.165) is 18.4 Å². The van der Waals surface area contributed by atoms with Gasteiger partial charge >= 0.3 is 0 Å². The van der Waals surface area contributed by atoms with E-state index in [-0.39, 0.29) is 12.2 Å². The average Bonchev–Trinajstić information content (AvgIpc) is 2.62. The van der Waals surface area contributed by atoms with Crippen LogP contribution in [0.15, 0.2) is 18.2 Å². The van der Waals surface area contributed by atoms with Crippen molar-refractivity contribution < 1.29 is 14.2 Å². The Morgan fingerprint density at radius 3 is 2.59 bits per heavy atom. The van der Waals surface area contributed by atoms with Crippen LogP contribution in [0.25, 0.3) is 0 Å². The van der Waals surface area contributed by atoms with Crippen molar-refractivity contribution in [1.82, 2.24) is 5.32 Å². The van der Waals surface area contributed by atoms with E-state index in [1.807, 2.05) is 26.0 Å². The molecule has 2 N–H and O–H groups in total. The van der Waals surface area contributed by atoms with Gasteiger partial charge in [-0.15, -0.1) is 0 Å². The lowest BCUT2D eigenvalue weighted by molar-refractivity contribution is 0.182. The third kappa shape index (κ3) is 7.68. The number of aliphatic hydroxyl groups excluding tert-OH is 1. The highest BCUT2D eigenvalue weighted by Crippen LogP contribution is 2.51. The van der Waals surface area contributed by atoms with E-state index < -0.39 is 13.5 Å². The predicted molar refractivity (Wildman–Crippen MR) is 114 cm³/mol. The Bertz CT molecular complexity index is 638. The van der Waals surface area contributed by atoms with Gasteiger partial charge < -0.3 is 14.9 Å². The van der Waals surface area contributed by atoms with Crippen molar-refractivity contribution in [3.05, 3.63) is 33.8 Å². The maximum Gasteiger partial charge on any atom is 0.206 e. The summed E-state index contributed by atoms with van der Waals surface area (Å²) < 4.78 is 18.9. The summed E-state index contributed by atoms with van der Waals surface area (Å²) in [5.41, 5.74) is 0.992. The normalized spacial score (nSPS) is 20.2. The molecule has 1 aromatic rings. The second-order valence-electron chi connectivity index (χ2n) is 7.56. The highest BCUT2D eigenvalue weighted by Gasteiger charge is 2.31. The van der Waals surface area contributed by atoms with Crippen LogP contribution in [0, 0.1) is 5.92 Å². The van der Waals surface area contributed by atoms with Gasteiger partial charge in [0.2, 0.25) is 7.37 Å². The van der Waals surface area contributed by atoms with Gasteiger partial charge in [-0.1, -0.05) is 48.5 Å². The van der Waals surface area contributed by atoms with Crippen molar-refractivity contribution in [3.8, 4) is 0 Å². The molecule has 3 atom stereocenters. The van der Waals surface area contributed by atoms with Gasteiger partial charge in [0.05, 0.1) is 28.9 Å². The number of hydrogen-bond donors (Lipinski definition) is 2. The van der Waals surface area contributed by atoms with Crippen LogP contribution in [0.2, 0.25) is 10.0 Å². The standard InChI is InChI=1S/C20H32Cl2NO3P/c1-3-26-27(25,13-16-7-5-4-6-8-16)14-18(24)12-23-15(2)17-9-10-19(21)20(22)11-17/h9-11,15-16,18,23-24H,3-8,12-14H2,1-2H3. The lowest BCUT2D eigenvalue weighted by Gasteiger charge is -2.28. The Morgan fingerprint density at radius 2 is 1.96 bits per heavy atom. The molecule has 154 valence electrons. The van der Waals surface area contributed by atoms with E-state index in [4.69, 9.17) is 27.7 Å². The molecule has 0 amide bonds. The molecule has 1 saturated carbocycles. The molecule has 27 heavy (non-hydrogen) atoms. The zero-order valence-corrected chi connectivity index (χ0v) is 18.7. The molecule has 4 nitrogen and oxygen atoms in total. The highest BCUT2D eigenvalue weighted by atomic mass is 35.5. The van der Waals surface area contributed by atoms with Crippen LogP contribution in [0.4, 0.5) is 0 Å². The number of nitrogens with one attached hydrogen (secondary N) is 1. The minimum Gasteiger partial charge on any atom is -0.391 e. The lowest BCUT2D eigenvalue weighted by atomic mass is 9.91. The second kappa shape index (κ2) is 11.2. The molecule has 0 aliphatic heterocycles. The third-order valence-electron chi connectivity index (χ3n) is 5.22. The molecule has 1 aromatic carbocycles. The fourth-order valence-electron chi connectivity index (χ4n) is 3.78. The van der Waals surface area contributed by atoms with Crippen molar-refractivity contribution in [3.63, 3.8) is 0 Å². The van der Waals surface area contributed by atoms with Crippen LogP contribution in [0.1, 0.15) is 57.6 Å². The molecule has 0 spiro atoms. The van der Waals surface area contributed by atoms with Crippen molar-refractivity contribution in [1.29, 1.82) is 0 Å². The van der Waals surface area contributed by atoms with Gasteiger partial charge in [0.25, 0.3) is 0 Å². The summed E-state index contributed by atoms with van der Waals surface area (Å²) in [6.45, 7) is 4.63. The van der Waals surface area contributed by atoms with E-state index in [0.29, 0.717) is 35.3 Å². The van der Waals surface area contributed by atoms with E-state index in [1.54, 1.807) is 6.07 Å². The maximum atomic E-state index is 13.2. The Morgan fingerprint density at radius 1 is 1.26 bits per heavy atom. The summed E-state index contributed by atoms with van der Waals surface area (Å²) in [7, 11) is -2.82. The van der Waals surface area contributed by atoms with Gasteiger partial charge in [0, 0.05) is 18.7 Å². The van der Waals surface area contributed by atoms with Gasteiger partial charge in [0.15, 0.2) is 0 Å². The van der Waals surface area contributed by atoms with Crippen molar-refractivity contribution in [2.24, 2.45) is 5.92 Å². The van der Waals surface area contributed by atoms with Crippen LogP contribution >= 0.6 is 30.6 Å². The van der Waals surface area contributed by atoms with Crippen molar-refractivity contribution >= 4 is 30.6 Å². The Labute approximate surface area is 173 Å². The first kappa shape index (κ1) is 23.2. The molecule has 7 heteroatoms. The van der Waals surface area contributed by atoms with Gasteiger partial charge in [-0.2, -0.15) is 0 Å². The monoisotopic (exact) mass is 435 g/mol. The number of rotatable bonds is 10. The number of hydrogen-bond acceptors (Lipinski definition) is 4. The summed E-state index contributed by atoms with van der Waals surface area (Å²) in [4.78, 5) is 0. The van der Waals surface area contributed by atoms with Gasteiger partial charge in [-0.3, -0.25) is 4.57 Å². The molecule has 0 bridgehead atoms. The number of aliphatic hydroxyl groups is 1. The molecular weight excluding hydrogens is 404 g/mol. The topological polar surface area (TPSA) is 58.6 Å². The lowest BCUT2D eigenvalue weighted by Crippen LogP contribution is -2.32. The van der Waals surface area contributed by atoms with E-state index in [2.05, 4.69) is 5.32 Å². The SMILES string of the molecule is CCOP(=O)(CC(O)CNC(C)c1ccc(Cl)c(Cl)c1)CC1CCCCC1. The molecule has 0 heterocycles. The fourth-order valence-corrected chi connectivity index (χ4v) is 6.84. The quantitative estimate of drug-likeness (QED) is 0.449. The average molecular weight is 436 g/mol. The highest BCUT2D eigenvalue weighted by molar-refractivity contribution is 7.59. The third-order valence-corrected chi connectivity index (χ3v) is 8.74. The van der Waals surface area contributed by atoms with Gasteiger partial charge in [-0.25, -0.2) is 0 Å². The van der Waals surface area contributed by atoms with E-state index in [9.17, 15) is 9.67 Å². The van der Waals surface area contributed by atoms with Crippen LogP contribution in [0.3, 0.4) is 0 Å². The minimum atomic E-state index is -2.82. The summed E-state index contributed by atoms with van der Waals surface area (Å²) in [6.07, 6.45) is 6.04. The zero-order valence-electron chi connectivity index (χ0n) is 16.3. The molecule has 2 rings (SSSR count). The first-order chi connectivity index (χ1) is 12.8. The summed E-state index contributed by atoms with van der Waals surface area (Å²) in [5.74, 6) is 0.464. The smallest absolute Gasteiger partial charge is 0.206 e. The van der Waals surface area contributed by atoms with E-state index >= 15 is 0 Å². The van der Waals surface area contributed by atoms with Crippen LogP contribution in [0.5, 0.6) is 0 Å². The Kier molecular flexibility index (Phi) is 9.61. The van der Waals surface area contributed by atoms with Crippen LogP contribution in [-0.4, -0.2) is 36.7 Å². The van der Waals surface area contributed by atoms with Crippen LogP contribution < -0.4 is 5.32 Å². The molecule has 3 unspecified atom stereocenters. The second-order valence-corrected chi connectivity index (χ2v) is 11.0. The predicted octanol–water partition coefficient (Wildman–Crippen LogP) is 5.90. The van der Waals surface area contributed by atoms with E-state index in [1.165, 1.54) is 19.3 Å². The van der Waals surface area contributed by atoms with Gasteiger partial charge in [-0.05, 0) is 50.3 Å². The van der Waals surface area contributed by atoms with Crippen molar-refractivity contribution in [2.45, 2.75) is 58.1 Å². The largest absolute Gasteiger partial charge is 0.391 e. The van der Waals surface area contributed by atoms with Crippen LogP contribution in [-0.2, 0) is 9.09 Å². The Balaban J connectivity index is 1.87. The molecule has 1 aliphatic carbocycles. The molecule has 0 saturated heterocycles. The summed E-state index contributed by atoms with van der Waals surface area (Å²) in [5, 5.41) is 14.8. The molecular formula is C20H32Cl2NO3P. The summed E-state index contributed by atoms with van der Waals surface area (Å²) >= 11 is 12.0. The zero-order chi connectivity index (χ0) is 19.9. The minimum absolute atomic E-state index is 0.000704. The number of halogens is 2. The first-order valence-electron chi connectivity index (χ1n) is 9.92. The molecule has 0 radical (unpaired) electrons. The van der Waals surface area contributed by atoms with Gasteiger partial charge in [0.1, 0.15) is 0 Å². The first-order valence-corrected chi connectivity index (χ1v) is 12.7. The molecule has 0 aromatic heterocycles.